The third kappa shape index (κ3) is 3.85. The van der Waals surface area contributed by atoms with Crippen LogP contribution in [0.3, 0.4) is 0 Å². The van der Waals surface area contributed by atoms with Gasteiger partial charge in [0.25, 0.3) is 0 Å². The Balaban J connectivity index is 1.58. The molecule has 0 aliphatic heterocycles. The summed E-state index contributed by atoms with van der Waals surface area (Å²) in [5.41, 5.74) is 1.93. The van der Waals surface area contributed by atoms with Gasteiger partial charge in [-0.1, -0.05) is 24.4 Å². The number of nitrogens with zero attached hydrogens (tertiary/aromatic N) is 2. The summed E-state index contributed by atoms with van der Waals surface area (Å²) in [7, 11) is 0. The number of benzene rings is 1. The lowest BCUT2D eigenvalue weighted by molar-refractivity contribution is -0.114. The zero-order chi connectivity index (χ0) is 16.2. The van der Waals surface area contributed by atoms with Gasteiger partial charge in [-0.05, 0) is 43.5 Å². The second-order valence-corrected chi connectivity index (χ2v) is 6.40. The molecule has 1 fully saturated rings. The molecule has 0 saturated heterocycles. The van der Waals surface area contributed by atoms with Gasteiger partial charge in [-0.25, -0.2) is 4.68 Å². The zero-order valence-corrected chi connectivity index (χ0v) is 13.9. The van der Waals surface area contributed by atoms with E-state index >= 15 is 0 Å². The fourth-order valence-corrected chi connectivity index (χ4v) is 3.27. The SMILES string of the molecule is Cc1cc(Cl)ccc1NCC(=O)Nc1ccnn1C1CCCC1. The van der Waals surface area contributed by atoms with Crippen molar-refractivity contribution in [3.8, 4) is 0 Å². The summed E-state index contributed by atoms with van der Waals surface area (Å²) in [6.07, 6.45) is 6.47. The number of carbonyl (C=O) groups excluding carboxylic acids is 1. The molecule has 1 saturated carbocycles. The number of amides is 1. The van der Waals surface area contributed by atoms with Gasteiger partial charge in [0.15, 0.2) is 0 Å². The molecule has 1 amide bonds. The Morgan fingerprint density at radius 2 is 2.13 bits per heavy atom. The van der Waals surface area contributed by atoms with Gasteiger partial charge in [0, 0.05) is 16.8 Å². The Hall–Kier alpha value is -2.01. The van der Waals surface area contributed by atoms with Crippen molar-refractivity contribution in [2.24, 2.45) is 0 Å². The Morgan fingerprint density at radius 3 is 2.87 bits per heavy atom. The fourth-order valence-electron chi connectivity index (χ4n) is 3.04. The third-order valence-corrected chi connectivity index (χ3v) is 4.47. The molecule has 122 valence electrons. The molecule has 2 N–H and O–H groups in total. The van der Waals surface area contributed by atoms with E-state index in [0.717, 1.165) is 29.9 Å². The first-order valence-corrected chi connectivity index (χ1v) is 8.34. The minimum absolute atomic E-state index is 0.0842. The van der Waals surface area contributed by atoms with Crippen LogP contribution in [0.4, 0.5) is 11.5 Å². The van der Waals surface area contributed by atoms with Crippen LogP contribution >= 0.6 is 11.6 Å². The van der Waals surface area contributed by atoms with E-state index in [-0.39, 0.29) is 12.5 Å². The average Bonchev–Trinajstić information content (AvgIpc) is 3.17. The van der Waals surface area contributed by atoms with Crippen molar-refractivity contribution in [1.29, 1.82) is 0 Å². The van der Waals surface area contributed by atoms with E-state index in [0.29, 0.717) is 11.1 Å². The van der Waals surface area contributed by atoms with Gasteiger partial charge in [-0.2, -0.15) is 5.10 Å². The Bertz CT molecular complexity index is 692. The van der Waals surface area contributed by atoms with Gasteiger partial charge in [-0.15, -0.1) is 0 Å². The first-order chi connectivity index (χ1) is 11.1. The van der Waals surface area contributed by atoms with Crippen LogP contribution in [0.25, 0.3) is 0 Å². The maximum absolute atomic E-state index is 12.2. The predicted octanol–water partition coefficient (Wildman–Crippen LogP) is 4.01. The molecule has 1 aliphatic carbocycles. The highest BCUT2D eigenvalue weighted by molar-refractivity contribution is 6.30. The minimum atomic E-state index is -0.0842. The maximum atomic E-state index is 12.2. The van der Waals surface area contributed by atoms with E-state index in [1.807, 2.05) is 35.9 Å². The summed E-state index contributed by atoms with van der Waals surface area (Å²) in [6.45, 7) is 2.17. The highest BCUT2D eigenvalue weighted by atomic mass is 35.5. The Kier molecular flexibility index (Phi) is 4.86. The summed E-state index contributed by atoms with van der Waals surface area (Å²) >= 11 is 5.94. The van der Waals surface area contributed by atoms with Gasteiger partial charge in [0.05, 0.1) is 18.8 Å². The second kappa shape index (κ2) is 7.04. The van der Waals surface area contributed by atoms with Crippen LogP contribution in [0.5, 0.6) is 0 Å². The summed E-state index contributed by atoms with van der Waals surface area (Å²) in [5, 5.41) is 11.1. The first-order valence-electron chi connectivity index (χ1n) is 7.97. The van der Waals surface area contributed by atoms with Gasteiger partial charge in [-0.3, -0.25) is 4.79 Å². The van der Waals surface area contributed by atoms with Crippen molar-refractivity contribution in [3.63, 3.8) is 0 Å². The molecule has 0 bridgehead atoms. The van der Waals surface area contributed by atoms with Crippen LogP contribution in [0.15, 0.2) is 30.5 Å². The molecule has 0 spiro atoms. The molecule has 1 aromatic heterocycles. The van der Waals surface area contributed by atoms with E-state index in [4.69, 9.17) is 11.6 Å². The molecule has 0 unspecified atom stereocenters. The largest absolute Gasteiger partial charge is 0.376 e. The van der Waals surface area contributed by atoms with Gasteiger partial charge < -0.3 is 10.6 Å². The normalized spacial score (nSPS) is 14.9. The van der Waals surface area contributed by atoms with Crippen LogP contribution in [-0.4, -0.2) is 22.2 Å². The van der Waals surface area contributed by atoms with Crippen molar-refractivity contribution in [3.05, 3.63) is 41.0 Å². The highest BCUT2D eigenvalue weighted by Crippen LogP contribution is 2.31. The number of hydrogen-bond donors (Lipinski definition) is 2. The lowest BCUT2D eigenvalue weighted by Gasteiger charge is -2.15. The van der Waals surface area contributed by atoms with Crippen molar-refractivity contribution < 1.29 is 4.79 Å². The molecule has 1 heterocycles. The number of nitrogens with one attached hydrogen (secondary N) is 2. The minimum Gasteiger partial charge on any atom is -0.376 e. The summed E-state index contributed by atoms with van der Waals surface area (Å²) in [4.78, 5) is 12.2. The van der Waals surface area contributed by atoms with Crippen LogP contribution in [-0.2, 0) is 4.79 Å². The van der Waals surface area contributed by atoms with Crippen LogP contribution < -0.4 is 10.6 Å². The number of carbonyl (C=O) groups is 1. The topological polar surface area (TPSA) is 59.0 Å². The second-order valence-electron chi connectivity index (χ2n) is 5.96. The highest BCUT2D eigenvalue weighted by Gasteiger charge is 2.20. The van der Waals surface area contributed by atoms with E-state index in [1.165, 1.54) is 12.8 Å². The van der Waals surface area contributed by atoms with Crippen molar-refractivity contribution in [2.45, 2.75) is 38.6 Å². The number of aryl methyl sites for hydroxylation is 1. The number of hydrogen-bond acceptors (Lipinski definition) is 3. The van der Waals surface area contributed by atoms with Crippen molar-refractivity contribution >= 4 is 29.0 Å². The van der Waals surface area contributed by atoms with Crippen molar-refractivity contribution in [1.82, 2.24) is 9.78 Å². The molecule has 1 aromatic carbocycles. The summed E-state index contributed by atoms with van der Waals surface area (Å²) < 4.78 is 1.94. The van der Waals surface area contributed by atoms with Gasteiger partial charge >= 0.3 is 0 Å². The molecule has 3 rings (SSSR count). The predicted molar refractivity (Wildman–Crippen MR) is 93.0 cm³/mol. The monoisotopic (exact) mass is 332 g/mol. The number of halogens is 1. The lowest BCUT2D eigenvalue weighted by Crippen LogP contribution is -2.24. The van der Waals surface area contributed by atoms with Gasteiger partial charge in [0.1, 0.15) is 5.82 Å². The molecule has 0 radical (unpaired) electrons. The Labute approximate surface area is 141 Å². The quantitative estimate of drug-likeness (QED) is 0.869. The molecule has 5 nitrogen and oxygen atoms in total. The van der Waals surface area contributed by atoms with E-state index in [1.54, 1.807) is 6.20 Å². The van der Waals surface area contributed by atoms with Gasteiger partial charge in [0.2, 0.25) is 5.91 Å². The number of anilines is 2. The molecule has 6 heteroatoms. The maximum Gasteiger partial charge on any atom is 0.244 e. The van der Waals surface area contributed by atoms with Crippen LogP contribution in [0, 0.1) is 6.92 Å². The summed E-state index contributed by atoms with van der Waals surface area (Å²) in [6, 6.07) is 7.82. The first kappa shape index (κ1) is 15.9. The molecule has 1 aliphatic rings. The molecular formula is C17H21ClN4O. The molecule has 2 aromatic rings. The summed E-state index contributed by atoms with van der Waals surface area (Å²) in [5.74, 6) is 0.690. The lowest BCUT2D eigenvalue weighted by atomic mass is 10.2. The zero-order valence-electron chi connectivity index (χ0n) is 13.2. The molecule has 0 atom stereocenters. The smallest absolute Gasteiger partial charge is 0.244 e. The number of rotatable bonds is 5. The fraction of sp³-hybridized carbons (Fsp3) is 0.412. The Morgan fingerprint density at radius 1 is 1.35 bits per heavy atom. The van der Waals surface area contributed by atoms with Crippen molar-refractivity contribution in [2.75, 3.05) is 17.2 Å². The average molecular weight is 333 g/mol. The third-order valence-electron chi connectivity index (χ3n) is 4.24. The van der Waals surface area contributed by atoms with E-state index < -0.39 is 0 Å². The standard InChI is InChI=1S/C17H21ClN4O/c1-12-10-13(18)6-7-15(12)19-11-17(23)21-16-8-9-20-22(16)14-4-2-3-5-14/h6-10,14,19H,2-5,11H2,1H3,(H,21,23). The molecule has 23 heavy (non-hydrogen) atoms. The van der Waals surface area contributed by atoms with E-state index in [2.05, 4.69) is 15.7 Å². The van der Waals surface area contributed by atoms with Crippen LogP contribution in [0.2, 0.25) is 5.02 Å². The van der Waals surface area contributed by atoms with Crippen LogP contribution in [0.1, 0.15) is 37.3 Å². The number of aromatic nitrogens is 2. The molecular weight excluding hydrogens is 312 g/mol. The van der Waals surface area contributed by atoms with E-state index in [9.17, 15) is 4.79 Å².